The van der Waals surface area contributed by atoms with Gasteiger partial charge in [-0.05, 0) is 57.3 Å². The number of nitrogens with zero attached hydrogens (tertiary/aromatic N) is 3. The van der Waals surface area contributed by atoms with Crippen LogP contribution in [0.3, 0.4) is 0 Å². The van der Waals surface area contributed by atoms with E-state index in [2.05, 4.69) is 42.4 Å². The Balaban J connectivity index is 1.41. The molecule has 146 valence electrons. The summed E-state index contributed by atoms with van der Waals surface area (Å²) in [6.45, 7) is 17.2. The Morgan fingerprint density at radius 1 is 0.760 bits per heavy atom. The van der Waals surface area contributed by atoms with E-state index in [9.17, 15) is 0 Å². The highest BCUT2D eigenvalue weighted by Gasteiger charge is 2.45. The summed E-state index contributed by atoms with van der Waals surface area (Å²) in [5, 5.41) is 0. The van der Waals surface area contributed by atoms with Gasteiger partial charge in [-0.1, -0.05) is 13.8 Å². The van der Waals surface area contributed by atoms with E-state index in [1.54, 1.807) is 0 Å². The van der Waals surface area contributed by atoms with E-state index >= 15 is 4.39 Å². The number of halogens is 1. The topological polar surface area (TPSA) is 9.72 Å². The van der Waals surface area contributed by atoms with Gasteiger partial charge in [0.15, 0.2) is 0 Å². The molecule has 1 aliphatic carbocycles. The molecule has 3 nitrogen and oxygen atoms in total. The maximum atomic E-state index is 15.4. The molecule has 2 saturated heterocycles. The van der Waals surface area contributed by atoms with Gasteiger partial charge in [-0.2, -0.15) is 0 Å². The Morgan fingerprint density at radius 2 is 1.32 bits per heavy atom. The largest absolute Gasteiger partial charge is 0.303 e. The highest BCUT2D eigenvalue weighted by atomic mass is 19.1. The van der Waals surface area contributed by atoms with E-state index in [1.165, 1.54) is 25.8 Å². The van der Waals surface area contributed by atoms with E-state index in [1.807, 2.05) is 0 Å². The van der Waals surface area contributed by atoms with E-state index < -0.39 is 5.67 Å². The van der Waals surface area contributed by atoms with Crippen molar-refractivity contribution in [2.24, 2.45) is 11.3 Å². The maximum absolute atomic E-state index is 15.4. The van der Waals surface area contributed by atoms with Crippen LogP contribution in [0.25, 0.3) is 0 Å². The minimum absolute atomic E-state index is 0.581. The summed E-state index contributed by atoms with van der Waals surface area (Å²) in [5.74, 6) is 0.789. The third-order valence-corrected chi connectivity index (χ3v) is 6.75. The molecule has 0 amide bonds. The monoisotopic (exact) mass is 353 g/mol. The van der Waals surface area contributed by atoms with Crippen molar-refractivity contribution in [1.82, 2.24) is 14.7 Å². The molecule has 0 unspecified atom stereocenters. The van der Waals surface area contributed by atoms with Gasteiger partial charge in [-0.25, -0.2) is 4.39 Å². The van der Waals surface area contributed by atoms with Crippen LogP contribution in [0.5, 0.6) is 0 Å². The zero-order valence-corrected chi connectivity index (χ0v) is 17.1. The summed E-state index contributed by atoms with van der Waals surface area (Å²) in [5.41, 5.74) is -0.372. The molecule has 3 aliphatic rings. The van der Waals surface area contributed by atoms with Gasteiger partial charge in [-0.3, -0.25) is 9.80 Å². The van der Waals surface area contributed by atoms with E-state index in [4.69, 9.17) is 0 Å². The average Bonchev–Trinajstić information content (AvgIpc) is 3.28. The molecule has 1 saturated carbocycles. The molecule has 0 radical (unpaired) electrons. The Labute approximate surface area is 154 Å². The van der Waals surface area contributed by atoms with Gasteiger partial charge in [-0.15, -0.1) is 0 Å². The van der Waals surface area contributed by atoms with Crippen LogP contribution in [-0.4, -0.2) is 78.8 Å². The lowest BCUT2D eigenvalue weighted by molar-refractivity contribution is 0.00155. The second-order valence-electron chi connectivity index (χ2n) is 9.93. The van der Waals surface area contributed by atoms with Gasteiger partial charge in [0, 0.05) is 58.4 Å². The predicted molar refractivity (Wildman–Crippen MR) is 104 cm³/mol. The first kappa shape index (κ1) is 19.6. The molecular weight excluding hydrogens is 313 g/mol. The molecule has 0 aromatic rings. The number of rotatable bonds is 7. The Morgan fingerprint density at radius 3 is 1.80 bits per heavy atom. The number of alkyl halides is 1. The third-order valence-electron chi connectivity index (χ3n) is 6.75. The molecule has 3 fully saturated rings. The lowest BCUT2D eigenvalue weighted by atomic mass is 9.89. The molecule has 0 atom stereocenters. The zero-order chi connectivity index (χ0) is 18.1. The SMILES string of the molecule is CC(C)CC1(CN2CCC(F)(CN3CCN(C(C)C)CC3)CC2)CC1. The highest BCUT2D eigenvalue weighted by Crippen LogP contribution is 2.51. The summed E-state index contributed by atoms with van der Waals surface area (Å²) >= 11 is 0. The van der Waals surface area contributed by atoms with Crippen LogP contribution < -0.4 is 0 Å². The van der Waals surface area contributed by atoms with Crippen LogP contribution >= 0.6 is 0 Å². The fraction of sp³-hybridized carbons (Fsp3) is 1.00. The number of piperidine rings is 1. The van der Waals surface area contributed by atoms with Crippen LogP contribution in [0, 0.1) is 11.3 Å². The fourth-order valence-corrected chi connectivity index (χ4v) is 5.05. The second kappa shape index (κ2) is 7.82. The van der Waals surface area contributed by atoms with Crippen molar-refractivity contribution in [3.05, 3.63) is 0 Å². The van der Waals surface area contributed by atoms with Crippen molar-refractivity contribution in [2.75, 3.05) is 52.4 Å². The first-order valence-corrected chi connectivity index (χ1v) is 10.7. The molecule has 2 heterocycles. The van der Waals surface area contributed by atoms with Gasteiger partial charge in [0.05, 0.1) is 0 Å². The van der Waals surface area contributed by atoms with Crippen LogP contribution in [0.4, 0.5) is 4.39 Å². The molecule has 0 aromatic heterocycles. The standard InChI is InChI=1S/C21H40FN3/c1-18(2)15-20(5-6-20)16-23-9-7-21(22,8-10-23)17-24-11-13-25(14-12-24)19(3)4/h18-19H,5-17H2,1-4H3. The van der Waals surface area contributed by atoms with Gasteiger partial charge in [0.2, 0.25) is 0 Å². The van der Waals surface area contributed by atoms with Crippen molar-refractivity contribution in [2.45, 2.75) is 71.5 Å². The Hall–Kier alpha value is -0.190. The van der Waals surface area contributed by atoms with Gasteiger partial charge >= 0.3 is 0 Å². The lowest BCUT2D eigenvalue weighted by Gasteiger charge is -2.43. The van der Waals surface area contributed by atoms with Crippen molar-refractivity contribution in [3.8, 4) is 0 Å². The van der Waals surface area contributed by atoms with Gasteiger partial charge < -0.3 is 4.90 Å². The summed E-state index contributed by atoms with van der Waals surface area (Å²) in [6.07, 6.45) is 5.60. The Bertz CT molecular complexity index is 417. The summed E-state index contributed by atoms with van der Waals surface area (Å²) in [4.78, 5) is 7.44. The van der Waals surface area contributed by atoms with E-state index in [0.29, 0.717) is 18.0 Å². The maximum Gasteiger partial charge on any atom is 0.126 e. The average molecular weight is 354 g/mol. The first-order valence-electron chi connectivity index (χ1n) is 10.7. The van der Waals surface area contributed by atoms with Crippen LogP contribution in [0.1, 0.15) is 59.8 Å². The molecule has 2 aliphatic heterocycles. The lowest BCUT2D eigenvalue weighted by Crippen LogP contribution is -2.54. The molecule has 25 heavy (non-hydrogen) atoms. The molecule has 0 N–H and O–H groups in total. The summed E-state index contributed by atoms with van der Waals surface area (Å²) in [7, 11) is 0. The minimum atomic E-state index is -0.953. The van der Waals surface area contributed by atoms with E-state index in [-0.39, 0.29) is 0 Å². The number of piperazine rings is 1. The quantitative estimate of drug-likeness (QED) is 0.692. The van der Waals surface area contributed by atoms with Crippen molar-refractivity contribution in [1.29, 1.82) is 0 Å². The van der Waals surface area contributed by atoms with Crippen molar-refractivity contribution >= 4 is 0 Å². The summed E-state index contributed by atoms with van der Waals surface area (Å²) < 4.78 is 15.4. The number of likely N-dealkylation sites (tertiary alicyclic amines) is 1. The highest BCUT2D eigenvalue weighted by molar-refractivity contribution is 4.98. The zero-order valence-electron chi connectivity index (χ0n) is 17.1. The number of hydrogen-bond donors (Lipinski definition) is 0. The van der Waals surface area contributed by atoms with Gasteiger partial charge in [0.1, 0.15) is 5.67 Å². The van der Waals surface area contributed by atoms with Crippen molar-refractivity contribution in [3.63, 3.8) is 0 Å². The Kier molecular flexibility index (Phi) is 6.12. The number of hydrogen-bond acceptors (Lipinski definition) is 3. The minimum Gasteiger partial charge on any atom is -0.303 e. The van der Waals surface area contributed by atoms with Crippen LogP contribution in [0.15, 0.2) is 0 Å². The predicted octanol–water partition coefficient (Wildman–Crippen LogP) is 3.64. The molecule has 0 spiro atoms. The first-order chi connectivity index (χ1) is 11.8. The van der Waals surface area contributed by atoms with Crippen LogP contribution in [0.2, 0.25) is 0 Å². The third kappa shape index (κ3) is 5.40. The van der Waals surface area contributed by atoms with Gasteiger partial charge in [0.25, 0.3) is 0 Å². The molecule has 0 bridgehead atoms. The molecule has 4 heteroatoms. The van der Waals surface area contributed by atoms with E-state index in [0.717, 1.165) is 58.0 Å². The second-order valence-corrected chi connectivity index (χ2v) is 9.93. The smallest absolute Gasteiger partial charge is 0.126 e. The van der Waals surface area contributed by atoms with Crippen molar-refractivity contribution < 1.29 is 4.39 Å². The fourth-order valence-electron chi connectivity index (χ4n) is 5.05. The van der Waals surface area contributed by atoms with Crippen LogP contribution in [-0.2, 0) is 0 Å². The summed E-state index contributed by atoms with van der Waals surface area (Å²) in [6, 6.07) is 0.616. The molecule has 3 rings (SSSR count). The normalized spacial score (nSPS) is 28.0. The molecular formula is C21H40FN3. The molecule has 0 aromatic carbocycles.